The Kier molecular flexibility index (Phi) is 29.3. The normalized spacial score (nSPS) is 10.5. The van der Waals surface area contributed by atoms with Crippen molar-refractivity contribution in [2.75, 3.05) is 0 Å². The summed E-state index contributed by atoms with van der Waals surface area (Å²) in [5.74, 6) is -1.46. The van der Waals surface area contributed by atoms with Gasteiger partial charge in [0, 0.05) is 19.3 Å². The van der Waals surface area contributed by atoms with E-state index in [1.54, 1.807) is 13.8 Å². The first kappa shape index (κ1) is 36.1. The summed E-state index contributed by atoms with van der Waals surface area (Å²) in [6, 6.07) is 0. The van der Waals surface area contributed by atoms with Crippen LogP contribution in [0.5, 0.6) is 0 Å². The van der Waals surface area contributed by atoms with E-state index in [1.807, 2.05) is 6.92 Å². The van der Waals surface area contributed by atoms with Crippen molar-refractivity contribution in [3.05, 3.63) is 0 Å². The fourth-order valence-corrected chi connectivity index (χ4v) is 3.09. The number of hydrogen-bond donors (Lipinski definition) is 4. The summed E-state index contributed by atoms with van der Waals surface area (Å²) in [5, 5.41) is 15.4. The van der Waals surface area contributed by atoms with Gasteiger partial charge in [0.1, 0.15) is 5.66 Å². The maximum Gasteiger partial charge on any atom is 0.303 e. The van der Waals surface area contributed by atoms with Crippen LogP contribution in [0.4, 0.5) is 0 Å². The highest BCUT2D eigenvalue weighted by atomic mass is 16.4. The first-order valence-electron chi connectivity index (χ1n) is 13.1. The first-order valence-corrected chi connectivity index (χ1v) is 13.1. The minimum Gasteiger partial charge on any atom is -0.481 e. The lowest BCUT2D eigenvalue weighted by atomic mass is 9.96. The van der Waals surface area contributed by atoms with Crippen molar-refractivity contribution in [2.45, 2.75) is 149 Å². The maximum atomic E-state index is 11.9. The number of carboxylic acids is 2. The molecule has 6 N–H and O–H groups in total. The van der Waals surface area contributed by atoms with Gasteiger partial charge in [-0.1, -0.05) is 111 Å². The number of carbonyl (C=O) groups excluding carboxylic acids is 1. The average Bonchev–Trinajstić information content (AvgIpc) is 2.77. The van der Waals surface area contributed by atoms with Crippen molar-refractivity contribution in [3.63, 3.8) is 0 Å². The van der Waals surface area contributed by atoms with Gasteiger partial charge in [0.2, 0.25) is 0 Å². The second-order valence-corrected chi connectivity index (χ2v) is 8.70. The molecule has 0 radical (unpaired) electrons. The van der Waals surface area contributed by atoms with Crippen LogP contribution in [0.3, 0.4) is 0 Å². The van der Waals surface area contributed by atoms with Crippen molar-refractivity contribution >= 4 is 17.7 Å². The smallest absolute Gasteiger partial charge is 0.303 e. The Balaban J connectivity index is -0.000000746. The zero-order valence-corrected chi connectivity index (χ0v) is 22.0. The van der Waals surface area contributed by atoms with E-state index in [0.29, 0.717) is 12.8 Å². The van der Waals surface area contributed by atoms with E-state index in [-0.39, 0.29) is 18.6 Å². The molecule has 0 unspecified atom stereocenters. The summed E-state index contributed by atoms with van der Waals surface area (Å²) in [4.78, 5) is 30.6. The summed E-state index contributed by atoms with van der Waals surface area (Å²) in [7, 11) is 0. The number of hydrogen-bond acceptors (Lipinski definition) is 5. The number of nitrogens with two attached hydrogens (primary N) is 2. The average molecular weight is 475 g/mol. The second-order valence-electron chi connectivity index (χ2n) is 8.70. The van der Waals surface area contributed by atoms with E-state index in [4.69, 9.17) is 21.7 Å². The molecule has 7 heteroatoms. The number of unbranched alkanes of at least 4 members (excludes halogenated alkanes) is 12. The number of rotatable bonds is 19. The van der Waals surface area contributed by atoms with Crippen molar-refractivity contribution in [1.29, 1.82) is 0 Å². The van der Waals surface area contributed by atoms with Crippen LogP contribution < -0.4 is 11.5 Å². The molecule has 0 aliphatic heterocycles. The molecule has 0 amide bonds. The molecule has 0 heterocycles. The van der Waals surface area contributed by atoms with Gasteiger partial charge in [0.25, 0.3) is 0 Å². The zero-order valence-electron chi connectivity index (χ0n) is 22.0. The van der Waals surface area contributed by atoms with Gasteiger partial charge in [0.05, 0.1) is 0 Å². The maximum absolute atomic E-state index is 11.9. The third-order valence-electron chi connectivity index (χ3n) is 5.30. The van der Waals surface area contributed by atoms with Crippen LogP contribution in [0, 0.1) is 0 Å². The van der Waals surface area contributed by atoms with E-state index in [2.05, 4.69) is 6.92 Å². The molecule has 0 spiro atoms. The highest BCUT2D eigenvalue weighted by molar-refractivity contribution is 5.87. The Morgan fingerprint density at radius 2 is 0.879 bits per heavy atom. The molecule has 0 fully saturated rings. The zero-order chi connectivity index (χ0) is 26.0. The number of carbonyl (C=O) groups is 3. The quantitative estimate of drug-likeness (QED) is 0.125. The number of ketones is 1. The molecule has 0 rings (SSSR count). The van der Waals surface area contributed by atoms with Crippen molar-refractivity contribution in [1.82, 2.24) is 0 Å². The van der Waals surface area contributed by atoms with Crippen LogP contribution in [-0.2, 0) is 14.4 Å². The third-order valence-corrected chi connectivity index (χ3v) is 5.30. The van der Waals surface area contributed by atoms with Crippen molar-refractivity contribution in [2.24, 2.45) is 11.5 Å². The summed E-state index contributed by atoms with van der Waals surface area (Å²) < 4.78 is 0. The Bertz CT molecular complexity index is 454. The Hall–Kier alpha value is -1.47. The number of Topliss-reactive ketones (excluding diaryl/α,β-unsaturated/α-hetero) is 1. The fraction of sp³-hybridized carbons (Fsp3) is 0.885. The molecule has 0 aliphatic carbocycles. The molecular weight excluding hydrogens is 420 g/mol. The van der Waals surface area contributed by atoms with Gasteiger partial charge < -0.3 is 21.7 Å². The molecule has 0 saturated heterocycles. The van der Waals surface area contributed by atoms with E-state index in [9.17, 15) is 14.4 Å². The van der Waals surface area contributed by atoms with Crippen LogP contribution in [0.2, 0.25) is 0 Å². The Morgan fingerprint density at radius 3 is 1.15 bits per heavy atom. The third kappa shape index (κ3) is 32.8. The fourth-order valence-electron chi connectivity index (χ4n) is 3.09. The molecule has 0 bridgehead atoms. The van der Waals surface area contributed by atoms with Crippen molar-refractivity contribution < 1.29 is 24.6 Å². The molecule has 0 aromatic carbocycles. The first-order chi connectivity index (χ1) is 15.6. The molecule has 0 aromatic rings. The topological polar surface area (TPSA) is 144 Å². The molecule has 0 aromatic heterocycles. The van der Waals surface area contributed by atoms with Gasteiger partial charge in [-0.25, -0.2) is 0 Å². The van der Waals surface area contributed by atoms with Gasteiger partial charge in [-0.2, -0.15) is 0 Å². The monoisotopic (exact) mass is 474 g/mol. The minimum absolute atomic E-state index is 0.0300. The molecule has 0 aliphatic rings. The highest BCUT2D eigenvalue weighted by Crippen LogP contribution is 2.14. The summed E-state index contributed by atoms with van der Waals surface area (Å²) in [6.07, 6.45) is 19.5. The predicted molar refractivity (Wildman–Crippen MR) is 137 cm³/mol. The summed E-state index contributed by atoms with van der Waals surface area (Å²) >= 11 is 0. The lowest BCUT2D eigenvalue weighted by molar-refractivity contribution is -0.137. The minimum atomic E-state index is -1.09. The van der Waals surface area contributed by atoms with Crippen LogP contribution >= 0.6 is 0 Å². The molecule has 33 heavy (non-hydrogen) atoms. The summed E-state index contributed by atoms with van der Waals surface area (Å²) in [6.45, 7) is 7.47. The van der Waals surface area contributed by atoms with E-state index in [0.717, 1.165) is 19.3 Å². The van der Waals surface area contributed by atoms with E-state index >= 15 is 0 Å². The van der Waals surface area contributed by atoms with Gasteiger partial charge in [-0.3, -0.25) is 14.4 Å². The Labute approximate surface area is 203 Å². The number of carboxylic acid groups (broad SMARTS) is 2. The number of aliphatic carboxylic acids is 2. The molecular formula is C26H54N2O5. The molecule has 0 atom stereocenters. The van der Waals surface area contributed by atoms with E-state index < -0.39 is 17.6 Å². The Morgan fingerprint density at radius 1 is 0.576 bits per heavy atom. The summed E-state index contributed by atoms with van der Waals surface area (Å²) in [5.41, 5.74) is 10.6. The molecule has 7 nitrogen and oxygen atoms in total. The van der Waals surface area contributed by atoms with Gasteiger partial charge >= 0.3 is 11.9 Å². The van der Waals surface area contributed by atoms with Crippen molar-refractivity contribution in [3.8, 4) is 0 Å². The van der Waals surface area contributed by atoms with Crippen LogP contribution in [-0.4, -0.2) is 33.6 Å². The second kappa shape index (κ2) is 26.8. The highest BCUT2D eigenvalue weighted by Gasteiger charge is 2.26. The SMILES string of the molecule is CCC(=O)O.CCC(=O)O.CCCCCCCCCCCCCCCC(=O)C(N)(N)CCC. The van der Waals surface area contributed by atoms with Gasteiger partial charge in [-0.15, -0.1) is 0 Å². The van der Waals surface area contributed by atoms with E-state index in [1.165, 1.54) is 70.6 Å². The van der Waals surface area contributed by atoms with Crippen LogP contribution in [0.1, 0.15) is 143 Å². The van der Waals surface area contributed by atoms with Gasteiger partial charge in [-0.05, 0) is 12.8 Å². The largest absolute Gasteiger partial charge is 0.481 e. The van der Waals surface area contributed by atoms with Crippen LogP contribution in [0.25, 0.3) is 0 Å². The lowest BCUT2D eigenvalue weighted by Crippen LogP contribution is -2.56. The molecule has 0 saturated carbocycles. The van der Waals surface area contributed by atoms with Crippen LogP contribution in [0.15, 0.2) is 0 Å². The predicted octanol–water partition coefficient (Wildman–Crippen LogP) is 6.41. The van der Waals surface area contributed by atoms with Gasteiger partial charge in [0.15, 0.2) is 5.78 Å². The standard InChI is InChI=1S/C20H42N2O.2C3H6O2/c1-3-5-6-7-8-9-10-11-12-13-14-15-16-17-19(23)20(21,22)18-4-2;2*1-2-3(4)5/h3-18,21-22H2,1-2H3;2*2H2,1H3,(H,4,5). The molecule has 198 valence electrons. The lowest BCUT2D eigenvalue weighted by Gasteiger charge is -2.22.